The highest BCUT2D eigenvalue weighted by atomic mass is 32.2. The van der Waals surface area contributed by atoms with Crippen LogP contribution in [0.2, 0.25) is 0 Å². The van der Waals surface area contributed by atoms with Crippen LogP contribution in [0.3, 0.4) is 0 Å². The maximum absolute atomic E-state index is 12.1. The standard InChI is InChI=1S/C18H16N2O6S/c19-16(21)9-27-15-4-2-1-3-12(15)20-17(22)8-24-18(23)11-5-6-13-14(7-11)26-10-25-13/h1-7H,8-10H2,(H2,19,21)(H,20,22). The number of amides is 2. The number of thioether (sulfide) groups is 1. The van der Waals surface area contributed by atoms with Crippen molar-refractivity contribution >= 4 is 35.2 Å². The number of carbonyl (C=O) groups excluding carboxylic acids is 3. The number of primary amides is 1. The summed E-state index contributed by atoms with van der Waals surface area (Å²) in [5, 5.41) is 2.65. The van der Waals surface area contributed by atoms with Gasteiger partial charge in [-0.25, -0.2) is 4.79 Å². The molecule has 0 fully saturated rings. The molecule has 0 unspecified atom stereocenters. The molecule has 3 rings (SSSR count). The molecule has 0 aromatic heterocycles. The normalized spacial score (nSPS) is 11.7. The first-order chi connectivity index (χ1) is 13.0. The van der Waals surface area contributed by atoms with Gasteiger partial charge in [-0.05, 0) is 30.3 Å². The minimum atomic E-state index is -0.653. The van der Waals surface area contributed by atoms with E-state index in [-0.39, 0.29) is 18.1 Å². The van der Waals surface area contributed by atoms with E-state index >= 15 is 0 Å². The first-order valence-corrected chi connectivity index (χ1v) is 8.88. The van der Waals surface area contributed by atoms with Gasteiger partial charge in [-0.15, -0.1) is 11.8 Å². The van der Waals surface area contributed by atoms with Gasteiger partial charge in [-0.3, -0.25) is 9.59 Å². The highest BCUT2D eigenvalue weighted by molar-refractivity contribution is 8.00. The van der Waals surface area contributed by atoms with E-state index in [0.29, 0.717) is 22.1 Å². The lowest BCUT2D eigenvalue weighted by atomic mass is 10.2. The lowest BCUT2D eigenvalue weighted by Crippen LogP contribution is -2.21. The maximum atomic E-state index is 12.1. The molecule has 2 amide bonds. The summed E-state index contributed by atoms with van der Waals surface area (Å²) in [4.78, 5) is 35.8. The molecule has 1 heterocycles. The van der Waals surface area contributed by atoms with Crippen LogP contribution in [0.15, 0.2) is 47.4 Å². The first-order valence-electron chi connectivity index (χ1n) is 7.89. The van der Waals surface area contributed by atoms with Gasteiger partial charge in [0.1, 0.15) is 0 Å². The summed E-state index contributed by atoms with van der Waals surface area (Å²) < 4.78 is 15.4. The Hall–Kier alpha value is -3.20. The summed E-state index contributed by atoms with van der Waals surface area (Å²) >= 11 is 1.21. The smallest absolute Gasteiger partial charge is 0.338 e. The summed E-state index contributed by atoms with van der Waals surface area (Å²) in [6, 6.07) is 11.6. The molecule has 0 saturated heterocycles. The quantitative estimate of drug-likeness (QED) is 0.548. The van der Waals surface area contributed by atoms with E-state index in [0.717, 1.165) is 0 Å². The molecule has 27 heavy (non-hydrogen) atoms. The van der Waals surface area contributed by atoms with E-state index in [1.54, 1.807) is 30.3 Å². The largest absolute Gasteiger partial charge is 0.454 e. The summed E-state index contributed by atoms with van der Waals surface area (Å²) in [6.45, 7) is -0.356. The van der Waals surface area contributed by atoms with Crippen molar-refractivity contribution in [2.75, 3.05) is 24.5 Å². The highest BCUT2D eigenvalue weighted by Crippen LogP contribution is 2.32. The van der Waals surface area contributed by atoms with E-state index in [1.807, 2.05) is 0 Å². The number of esters is 1. The first kappa shape index (κ1) is 18.6. The molecular weight excluding hydrogens is 372 g/mol. The average Bonchev–Trinajstić information content (AvgIpc) is 3.13. The van der Waals surface area contributed by atoms with Gasteiger partial charge in [0.2, 0.25) is 12.7 Å². The number of hydrogen-bond acceptors (Lipinski definition) is 7. The molecule has 0 radical (unpaired) electrons. The number of rotatable bonds is 7. The van der Waals surface area contributed by atoms with Crippen LogP contribution in [-0.2, 0) is 14.3 Å². The van der Waals surface area contributed by atoms with Crippen LogP contribution in [0.25, 0.3) is 0 Å². The van der Waals surface area contributed by atoms with E-state index < -0.39 is 24.4 Å². The minimum Gasteiger partial charge on any atom is -0.454 e. The fourth-order valence-electron chi connectivity index (χ4n) is 2.27. The zero-order valence-corrected chi connectivity index (χ0v) is 14.9. The molecule has 0 atom stereocenters. The van der Waals surface area contributed by atoms with Gasteiger partial charge in [-0.1, -0.05) is 12.1 Å². The van der Waals surface area contributed by atoms with Crippen LogP contribution in [0, 0.1) is 0 Å². The van der Waals surface area contributed by atoms with Crippen molar-refractivity contribution < 1.29 is 28.6 Å². The Kier molecular flexibility index (Phi) is 5.82. The van der Waals surface area contributed by atoms with Crippen LogP contribution in [0.1, 0.15) is 10.4 Å². The number of nitrogens with one attached hydrogen (secondary N) is 1. The second-order valence-electron chi connectivity index (χ2n) is 5.44. The Morgan fingerprint density at radius 2 is 1.89 bits per heavy atom. The molecule has 0 bridgehead atoms. The van der Waals surface area contributed by atoms with Gasteiger partial charge in [0, 0.05) is 4.90 Å². The van der Waals surface area contributed by atoms with Gasteiger partial charge in [0.25, 0.3) is 5.91 Å². The number of nitrogens with two attached hydrogens (primary N) is 1. The number of hydrogen-bond donors (Lipinski definition) is 2. The van der Waals surface area contributed by atoms with Crippen molar-refractivity contribution in [1.29, 1.82) is 0 Å². The predicted molar refractivity (Wildman–Crippen MR) is 97.8 cm³/mol. The van der Waals surface area contributed by atoms with Crippen molar-refractivity contribution in [3.63, 3.8) is 0 Å². The average molecular weight is 388 g/mol. The molecular formula is C18H16N2O6S. The molecule has 9 heteroatoms. The van der Waals surface area contributed by atoms with Crippen LogP contribution in [-0.4, -0.2) is 36.9 Å². The number of fused-ring (bicyclic) bond motifs is 1. The van der Waals surface area contributed by atoms with Gasteiger partial charge in [-0.2, -0.15) is 0 Å². The second-order valence-corrected chi connectivity index (χ2v) is 6.46. The van der Waals surface area contributed by atoms with Crippen molar-refractivity contribution in [2.45, 2.75) is 4.90 Å². The van der Waals surface area contributed by atoms with Gasteiger partial charge in [0.15, 0.2) is 18.1 Å². The molecule has 140 valence electrons. The molecule has 8 nitrogen and oxygen atoms in total. The van der Waals surface area contributed by atoms with Crippen molar-refractivity contribution in [3.05, 3.63) is 48.0 Å². The molecule has 1 aliphatic heterocycles. The fourth-order valence-corrected chi connectivity index (χ4v) is 3.02. The van der Waals surface area contributed by atoms with E-state index in [9.17, 15) is 14.4 Å². The molecule has 0 saturated carbocycles. The number of ether oxygens (including phenoxy) is 3. The van der Waals surface area contributed by atoms with Crippen molar-refractivity contribution in [2.24, 2.45) is 5.73 Å². The maximum Gasteiger partial charge on any atom is 0.338 e. The van der Waals surface area contributed by atoms with Crippen LogP contribution in [0.5, 0.6) is 11.5 Å². The van der Waals surface area contributed by atoms with Gasteiger partial charge in [0.05, 0.1) is 17.0 Å². The Bertz CT molecular complexity index is 886. The summed E-state index contributed by atoms with van der Waals surface area (Å²) in [6.07, 6.45) is 0. The SMILES string of the molecule is NC(=O)CSc1ccccc1NC(=O)COC(=O)c1ccc2c(c1)OCO2. The lowest BCUT2D eigenvalue weighted by Gasteiger charge is -2.10. The topological polar surface area (TPSA) is 117 Å². The number of benzene rings is 2. The monoisotopic (exact) mass is 388 g/mol. The molecule has 2 aromatic rings. The van der Waals surface area contributed by atoms with Crippen LogP contribution in [0.4, 0.5) is 5.69 Å². The zero-order chi connectivity index (χ0) is 19.2. The Balaban J connectivity index is 1.55. The molecule has 3 N–H and O–H groups in total. The van der Waals surface area contributed by atoms with Gasteiger partial charge < -0.3 is 25.3 Å². The summed E-state index contributed by atoms with van der Waals surface area (Å²) in [7, 11) is 0. The Morgan fingerprint density at radius 1 is 1.11 bits per heavy atom. The predicted octanol–water partition coefficient (Wildman–Crippen LogP) is 1.79. The Labute approximate surface area is 159 Å². The second kappa shape index (κ2) is 8.45. The minimum absolute atomic E-state index is 0.0893. The summed E-state index contributed by atoms with van der Waals surface area (Å²) in [5.74, 6) is -0.523. The number of carbonyl (C=O) groups is 3. The Morgan fingerprint density at radius 3 is 2.70 bits per heavy atom. The summed E-state index contributed by atoms with van der Waals surface area (Å²) in [5.41, 5.74) is 5.90. The lowest BCUT2D eigenvalue weighted by molar-refractivity contribution is -0.119. The molecule has 0 spiro atoms. The highest BCUT2D eigenvalue weighted by Gasteiger charge is 2.18. The third-order valence-corrected chi connectivity index (χ3v) is 4.57. The zero-order valence-electron chi connectivity index (χ0n) is 14.1. The van der Waals surface area contributed by atoms with Crippen molar-refractivity contribution in [1.82, 2.24) is 0 Å². The molecule has 0 aliphatic carbocycles. The van der Waals surface area contributed by atoms with Crippen LogP contribution >= 0.6 is 11.8 Å². The van der Waals surface area contributed by atoms with Crippen molar-refractivity contribution in [3.8, 4) is 11.5 Å². The van der Waals surface area contributed by atoms with E-state index in [1.165, 1.54) is 23.9 Å². The van der Waals surface area contributed by atoms with E-state index in [2.05, 4.69) is 5.32 Å². The third kappa shape index (κ3) is 4.91. The fraction of sp³-hybridized carbons (Fsp3) is 0.167. The molecule has 2 aromatic carbocycles. The third-order valence-electron chi connectivity index (χ3n) is 3.47. The van der Waals surface area contributed by atoms with E-state index in [4.69, 9.17) is 19.9 Å². The number of para-hydroxylation sites is 1. The van der Waals surface area contributed by atoms with Gasteiger partial charge >= 0.3 is 5.97 Å². The number of anilines is 1. The van der Waals surface area contributed by atoms with Crippen LogP contribution < -0.4 is 20.5 Å². The molecule has 1 aliphatic rings.